The van der Waals surface area contributed by atoms with Crippen molar-refractivity contribution in [1.82, 2.24) is 9.29 Å². The van der Waals surface area contributed by atoms with Gasteiger partial charge in [0.05, 0.1) is 11.1 Å². The van der Waals surface area contributed by atoms with E-state index in [4.69, 9.17) is 0 Å². The summed E-state index contributed by atoms with van der Waals surface area (Å²) < 4.78 is 61.8. The molecule has 1 N–H and O–H groups in total. The largest absolute Gasteiger partial charge is 0.417 e. The van der Waals surface area contributed by atoms with Crippen LogP contribution < -0.4 is 4.72 Å². The first-order chi connectivity index (χ1) is 14.7. The summed E-state index contributed by atoms with van der Waals surface area (Å²) in [6.07, 6.45) is -2.65. The highest BCUT2D eigenvalue weighted by molar-refractivity contribution is 7.98. The molecule has 7 heteroatoms. The minimum absolute atomic E-state index is 0.0174. The van der Waals surface area contributed by atoms with E-state index in [0.717, 1.165) is 11.6 Å². The zero-order valence-electron chi connectivity index (χ0n) is 19.3. The highest BCUT2D eigenvalue weighted by atomic mass is 32.2. The molecule has 0 spiro atoms. The lowest BCUT2D eigenvalue weighted by atomic mass is 9.96. The van der Waals surface area contributed by atoms with Gasteiger partial charge in [0.15, 0.2) is 5.82 Å². The van der Waals surface area contributed by atoms with Gasteiger partial charge in [-0.2, -0.15) is 13.2 Å². The molecule has 0 aliphatic rings. The van der Waals surface area contributed by atoms with Gasteiger partial charge in [0.25, 0.3) is 0 Å². The molecule has 2 aromatic carbocycles. The Morgan fingerprint density at radius 2 is 1.56 bits per heavy atom. The Balaban J connectivity index is 2.16. The fraction of sp³-hybridized carbons (Fsp3) is 0.440. The van der Waals surface area contributed by atoms with Gasteiger partial charge in [-0.25, -0.2) is 4.39 Å². The summed E-state index contributed by atoms with van der Waals surface area (Å²) in [6.45, 7) is 13.5. The van der Waals surface area contributed by atoms with E-state index in [1.54, 1.807) is 18.0 Å². The standard InChI is InChI=1S/C25H30F4N2S/c1-23(2,3)15-31-14-16(13-30-32-24(4,5)6)17-11-12-19(21(26)22(17)31)18-9-7-8-10-20(18)25(27,28)29/h7-12,14,30H,13,15H2,1-6H3. The van der Waals surface area contributed by atoms with E-state index in [1.807, 2.05) is 31.5 Å². The van der Waals surface area contributed by atoms with E-state index in [2.05, 4.69) is 25.5 Å². The lowest BCUT2D eigenvalue weighted by Gasteiger charge is -2.20. The average Bonchev–Trinajstić information content (AvgIpc) is 2.97. The third-order valence-electron chi connectivity index (χ3n) is 4.87. The minimum Gasteiger partial charge on any atom is -0.344 e. The first kappa shape index (κ1) is 24.6. The van der Waals surface area contributed by atoms with Gasteiger partial charge in [-0.15, -0.1) is 0 Å². The van der Waals surface area contributed by atoms with Crippen molar-refractivity contribution < 1.29 is 17.6 Å². The molecule has 174 valence electrons. The molecule has 3 aromatic rings. The van der Waals surface area contributed by atoms with Crippen LogP contribution in [0.1, 0.15) is 52.7 Å². The van der Waals surface area contributed by atoms with Gasteiger partial charge in [0, 0.05) is 35.0 Å². The van der Waals surface area contributed by atoms with E-state index in [1.165, 1.54) is 24.3 Å². The number of aromatic nitrogens is 1. The second-order valence-electron chi connectivity index (χ2n) is 10.2. The van der Waals surface area contributed by atoms with Gasteiger partial charge in [0.1, 0.15) is 0 Å². The van der Waals surface area contributed by atoms with E-state index >= 15 is 4.39 Å². The number of fused-ring (bicyclic) bond motifs is 1. The van der Waals surface area contributed by atoms with Gasteiger partial charge in [-0.05, 0) is 43.4 Å². The van der Waals surface area contributed by atoms with Crippen molar-refractivity contribution in [3.05, 3.63) is 59.5 Å². The summed E-state index contributed by atoms with van der Waals surface area (Å²) >= 11 is 1.59. The third-order valence-corrected chi connectivity index (χ3v) is 5.77. The summed E-state index contributed by atoms with van der Waals surface area (Å²) in [5.41, 5.74) is 0.0923. The molecule has 1 aromatic heterocycles. The van der Waals surface area contributed by atoms with Gasteiger partial charge in [0.2, 0.25) is 0 Å². The molecule has 0 atom stereocenters. The molecule has 0 fully saturated rings. The molecular formula is C25H30F4N2S. The van der Waals surface area contributed by atoms with E-state index in [-0.39, 0.29) is 21.3 Å². The van der Waals surface area contributed by atoms with Crippen LogP contribution in [0.5, 0.6) is 0 Å². The molecule has 0 amide bonds. The van der Waals surface area contributed by atoms with Crippen LogP contribution in [0.3, 0.4) is 0 Å². The third kappa shape index (κ3) is 5.67. The van der Waals surface area contributed by atoms with Crippen LogP contribution in [0.15, 0.2) is 42.6 Å². The fourth-order valence-corrected chi connectivity index (χ4v) is 4.37. The Hall–Kier alpha value is -1.99. The number of rotatable bonds is 5. The summed E-state index contributed by atoms with van der Waals surface area (Å²) in [5.74, 6) is -0.627. The molecule has 32 heavy (non-hydrogen) atoms. The molecule has 0 radical (unpaired) electrons. The quantitative estimate of drug-likeness (QED) is 0.303. The molecular weight excluding hydrogens is 436 g/mol. The molecule has 0 bridgehead atoms. The summed E-state index contributed by atoms with van der Waals surface area (Å²) in [5, 5.41) is 0.710. The van der Waals surface area contributed by atoms with Crippen molar-refractivity contribution in [3.63, 3.8) is 0 Å². The monoisotopic (exact) mass is 466 g/mol. The molecule has 0 unspecified atom stereocenters. The second kappa shape index (κ2) is 8.75. The zero-order chi connectivity index (χ0) is 23.9. The summed E-state index contributed by atoms with van der Waals surface area (Å²) in [6, 6.07) is 8.34. The molecule has 0 saturated carbocycles. The van der Waals surface area contributed by atoms with E-state index < -0.39 is 17.6 Å². The van der Waals surface area contributed by atoms with Gasteiger partial charge in [-0.3, -0.25) is 4.72 Å². The summed E-state index contributed by atoms with van der Waals surface area (Å²) in [7, 11) is 0. The maximum atomic E-state index is 15.9. The Morgan fingerprint density at radius 3 is 2.16 bits per heavy atom. The maximum absolute atomic E-state index is 15.9. The number of alkyl halides is 3. The number of nitrogens with zero attached hydrogens (tertiary/aromatic N) is 1. The van der Waals surface area contributed by atoms with Gasteiger partial charge in [-0.1, -0.05) is 63.1 Å². The Labute approximate surface area is 191 Å². The maximum Gasteiger partial charge on any atom is 0.417 e. The van der Waals surface area contributed by atoms with Crippen LogP contribution in [-0.4, -0.2) is 9.31 Å². The van der Waals surface area contributed by atoms with E-state index in [9.17, 15) is 13.2 Å². The predicted molar refractivity (Wildman–Crippen MR) is 126 cm³/mol. The molecule has 1 heterocycles. The molecule has 0 saturated heterocycles. The van der Waals surface area contributed by atoms with Crippen molar-refractivity contribution in [1.29, 1.82) is 0 Å². The van der Waals surface area contributed by atoms with Crippen LogP contribution >= 0.6 is 11.9 Å². The SMILES string of the molecule is CC(C)(C)Cn1cc(CNSC(C)(C)C)c2ccc(-c3ccccc3C(F)(F)F)c(F)c21. The van der Waals surface area contributed by atoms with Crippen molar-refractivity contribution >= 4 is 22.9 Å². The average molecular weight is 467 g/mol. The van der Waals surface area contributed by atoms with Crippen molar-refractivity contribution in [2.45, 2.75) is 65.6 Å². The Bertz CT molecular complexity index is 1100. The van der Waals surface area contributed by atoms with Crippen LogP contribution in [0.25, 0.3) is 22.0 Å². The smallest absolute Gasteiger partial charge is 0.344 e. The number of benzene rings is 2. The number of halogens is 4. The predicted octanol–water partition coefficient (Wildman–Crippen LogP) is 8.05. The molecule has 0 aliphatic carbocycles. The molecule has 3 rings (SSSR count). The summed E-state index contributed by atoms with van der Waals surface area (Å²) in [4.78, 5) is 0. The van der Waals surface area contributed by atoms with Gasteiger partial charge >= 0.3 is 6.18 Å². The number of hydrogen-bond acceptors (Lipinski definition) is 2. The molecule has 2 nitrogen and oxygen atoms in total. The number of nitrogens with one attached hydrogen (secondary N) is 1. The normalized spacial score (nSPS) is 13.2. The van der Waals surface area contributed by atoms with Crippen molar-refractivity contribution in [2.75, 3.05) is 0 Å². The highest BCUT2D eigenvalue weighted by Gasteiger charge is 2.34. The van der Waals surface area contributed by atoms with Crippen LogP contribution in [0.4, 0.5) is 17.6 Å². The zero-order valence-corrected chi connectivity index (χ0v) is 20.1. The van der Waals surface area contributed by atoms with Crippen molar-refractivity contribution in [3.8, 4) is 11.1 Å². The first-order valence-corrected chi connectivity index (χ1v) is 11.4. The highest BCUT2D eigenvalue weighted by Crippen LogP contribution is 2.40. The van der Waals surface area contributed by atoms with E-state index in [0.29, 0.717) is 24.0 Å². The van der Waals surface area contributed by atoms with Crippen LogP contribution in [0.2, 0.25) is 0 Å². The lowest BCUT2D eigenvalue weighted by Crippen LogP contribution is -2.17. The van der Waals surface area contributed by atoms with Crippen molar-refractivity contribution in [2.24, 2.45) is 5.41 Å². The molecule has 0 aliphatic heterocycles. The fourth-order valence-electron chi connectivity index (χ4n) is 3.71. The Morgan fingerprint density at radius 1 is 0.906 bits per heavy atom. The Kier molecular flexibility index (Phi) is 6.74. The lowest BCUT2D eigenvalue weighted by molar-refractivity contribution is -0.137. The van der Waals surface area contributed by atoms with Gasteiger partial charge < -0.3 is 4.57 Å². The minimum atomic E-state index is -4.56. The van der Waals surface area contributed by atoms with Crippen LogP contribution in [-0.2, 0) is 19.3 Å². The van der Waals surface area contributed by atoms with Crippen LogP contribution in [0, 0.1) is 11.2 Å². The topological polar surface area (TPSA) is 17.0 Å². The number of hydrogen-bond donors (Lipinski definition) is 1. The first-order valence-electron chi connectivity index (χ1n) is 10.5. The second-order valence-corrected chi connectivity index (χ2v) is 12.0.